The van der Waals surface area contributed by atoms with Gasteiger partial charge in [-0.1, -0.05) is 0 Å². The van der Waals surface area contributed by atoms with Crippen LogP contribution in [0.4, 0.5) is 10.1 Å². The molecule has 1 amide bonds. The Bertz CT molecular complexity index is 1140. The van der Waals surface area contributed by atoms with Crippen molar-refractivity contribution in [2.45, 2.75) is 45.5 Å². The van der Waals surface area contributed by atoms with Crippen LogP contribution in [0.15, 0.2) is 30.7 Å². The number of halogens is 1. The van der Waals surface area contributed by atoms with Crippen LogP contribution in [0.25, 0.3) is 16.9 Å². The minimum absolute atomic E-state index is 0.0118. The second-order valence-corrected chi connectivity index (χ2v) is 8.02. The number of amides is 1. The summed E-state index contributed by atoms with van der Waals surface area (Å²) in [6, 6.07) is 5.38. The van der Waals surface area contributed by atoms with Crippen LogP contribution in [0.1, 0.15) is 43.6 Å². The molecule has 3 aromatic heterocycles. The van der Waals surface area contributed by atoms with Gasteiger partial charge in [0.05, 0.1) is 35.2 Å². The molecule has 1 atom stereocenters. The van der Waals surface area contributed by atoms with Gasteiger partial charge in [0.1, 0.15) is 12.2 Å². The Labute approximate surface area is 178 Å². The molecule has 0 unspecified atom stereocenters. The topological polar surface area (TPSA) is 129 Å². The molecule has 0 saturated carbocycles. The number of aromatic nitrogens is 4. The minimum atomic E-state index is -1.62. The molecule has 0 bridgehead atoms. The van der Waals surface area contributed by atoms with Gasteiger partial charge in [0.25, 0.3) is 5.91 Å². The van der Waals surface area contributed by atoms with E-state index in [4.69, 9.17) is 5.26 Å². The number of nitriles is 1. The maximum atomic E-state index is 14.0. The second kappa shape index (κ2) is 8.65. The highest BCUT2D eigenvalue weighted by Crippen LogP contribution is 2.22. The summed E-state index contributed by atoms with van der Waals surface area (Å²) < 4.78 is 15.5. The molecule has 9 nitrogen and oxygen atoms in total. The summed E-state index contributed by atoms with van der Waals surface area (Å²) >= 11 is 0. The highest BCUT2D eigenvalue weighted by Gasteiger charge is 2.27. The lowest BCUT2D eigenvalue weighted by Gasteiger charge is -2.23. The van der Waals surface area contributed by atoms with Gasteiger partial charge in [0.2, 0.25) is 0 Å². The molecule has 0 radical (unpaired) electrons. The van der Waals surface area contributed by atoms with E-state index in [1.807, 2.05) is 19.9 Å². The zero-order valence-electron chi connectivity index (χ0n) is 17.7. The molecule has 0 aliphatic carbocycles. The largest absolute Gasteiger partial charge is 0.387 e. The van der Waals surface area contributed by atoms with Gasteiger partial charge in [0.15, 0.2) is 11.5 Å². The molecule has 0 fully saturated rings. The number of hydrogen-bond donors (Lipinski definition) is 3. The number of fused-ring (bicyclic) bond motifs is 1. The lowest BCUT2D eigenvalue weighted by Crippen LogP contribution is -2.42. The normalized spacial score (nSPS) is 12.6. The molecule has 3 rings (SSSR count). The van der Waals surface area contributed by atoms with Crippen LogP contribution < -0.4 is 10.6 Å². The fraction of sp³-hybridized carbons (Fsp3) is 0.381. The summed E-state index contributed by atoms with van der Waals surface area (Å²) in [5, 5.41) is 29.4. The van der Waals surface area contributed by atoms with Gasteiger partial charge >= 0.3 is 0 Å². The van der Waals surface area contributed by atoms with Crippen LogP contribution in [0, 0.1) is 11.3 Å². The summed E-state index contributed by atoms with van der Waals surface area (Å²) in [4.78, 5) is 21.3. The van der Waals surface area contributed by atoms with Gasteiger partial charge in [-0.25, -0.2) is 14.4 Å². The third-order valence-electron chi connectivity index (χ3n) is 4.54. The van der Waals surface area contributed by atoms with Crippen LogP contribution in [0.5, 0.6) is 0 Å². The Hall–Kier alpha value is -3.58. The molecular formula is C21H24FN7O2. The van der Waals surface area contributed by atoms with Crippen LogP contribution in [0.3, 0.4) is 0 Å². The molecule has 3 N–H and O–H groups in total. The molecule has 0 aliphatic rings. The summed E-state index contributed by atoms with van der Waals surface area (Å²) in [5.74, 6) is -0.0945. The number of nitrogens with one attached hydrogen (secondary N) is 2. The number of rotatable bonds is 7. The quantitative estimate of drug-likeness (QED) is 0.530. The molecule has 31 heavy (non-hydrogen) atoms. The molecular weight excluding hydrogens is 401 g/mol. The molecule has 3 heterocycles. The van der Waals surface area contributed by atoms with E-state index in [9.17, 15) is 14.3 Å². The van der Waals surface area contributed by atoms with E-state index >= 15 is 0 Å². The zero-order chi connectivity index (χ0) is 22.8. The number of alkyl halides is 1. The van der Waals surface area contributed by atoms with Crippen molar-refractivity contribution in [2.24, 2.45) is 0 Å². The predicted octanol–water partition coefficient (Wildman–Crippen LogP) is 2.35. The van der Waals surface area contributed by atoms with E-state index in [1.165, 1.54) is 30.9 Å². The predicted molar refractivity (Wildman–Crippen MR) is 114 cm³/mol. The lowest BCUT2D eigenvalue weighted by atomic mass is 10.0. The van der Waals surface area contributed by atoms with E-state index in [2.05, 4.69) is 25.7 Å². The Morgan fingerprint density at radius 3 is 2.68 bits per heavy atom. The lowest BCUT2D eigenvalue weighted by molar-refractivity contribution is -0.00177. The number of aliphatic hydroxyl groups is 1. The first-order valence-electron chi connectivity index (χ1n) is 9.75. The Morgan fingerprint density at radius 2 is 2.03 bits per heavy atom. The van der Waals surface area contributed by atoms with Crippen LogP contribution >= 0.6 is 0 Å². The van der Waals surface area contributed by atoms with E-state index in [1.54, 1.807) is 18.3 Å². The van der Waals surface area contributed by atoms with Crippen molar-refractivity contribution in [3.05, 3.63) is 41.9 Å². The first-order valence-corrected chi connectivity index (χ1v) is 9.75. The SMILES string of the molecule is CC(C)Nc1cc(-n2ncc3cc(C#N)cnc32)ncc1C(=O)NC[C@@H](F)C(C)(C)O. The Balaban J connectivity index is 1.93. The molecule has 0 aromatic carbocycles. The van der Waals surface area contributed by atoms with Gasteiger partial charge in [-0.2, -0.15) is 15.0 Å². The Kier molecular flexibility index (Phi) is 6.17. The van der Waals surface area contributed by atoms with Gasteiger partial charge in [0, 0.05) is 29.9 Å². The summed E-state index contributed by atoms with van der Waals surface area (Å²) in [7, 11) is 0. The van der Waals surface area contributed by atoms with Crippen molar-refractivity contribution in [3.8, 4) is 11.9 Å². The van der Waals surface area contributed by atoms with E-state index in [-0.39, 0.29) is 18.2 Å². The fourth-order valence-corrected chi connectivity index (χ4v) is 2.85. The minimum Gasteiger partial charge on any atom is -0.387 e. The molecule has 0 aliphatic heterocycles. The maximum Gasteiger partial charge on any atom is 0.255 e. The van der Waals surface area contributed by atoms with Crippen LogP contribution in [0.2, 0.25) is 0 Å². The number of pyridine rings is 2. The fourth-order valence-electron chi connectivity index (χ4n) is 2.85. The average Bonchev–Trinajstić information content (AvgIpc) is 3.13. The van der Waals surface area contributed by atoms with Crippen molar-refractivity contribution < 1.29 is 14.3 Å². The highest BCUT2D eigenvalue weighted by atomic mass is 19.1. The number of hydrogen-bond acceptors (Lipinski definition) is 7. The molecule has 0 spiro atoms. The van der Waals surface area contributed by atoms with Crippen LogP contribution in [-0.4, -0.2) is 55.1 Å². The third kappa shape index (κ3) is 4.95. The van der Waals surface area contributed by atoms with Crippen molar-refractivity contribution in [2.75, 3.05) is 11.9 Å². The maximum absolute atomic E-state index is 14.0. The smallest absolute Gasteiger partial charge is 0.255 e. The van der Waals surface area contributed by atoms with Crippen molar-refractivity contribution >= 4 is 22.6 Å². The zero-order valence-corrected chi connectivity index (χ0v) is 17.7. The van der Waals surface area contributed by atoms with E-state index in [0.717, 1.165) is 0 Å². The van der Waals surface area contributed by atoms with Crippen molar-refractivity contribution in [1.82, 2.24) is 25.1 Å². The van der Waals surface area contributed by atoms with E-state index in [0.29, 0.717) is 28.1 Å². The average molecular weight is 425 g/mol. The standard InChI is InChI=1S/C21H24FN7O2/c1-12(2)28-16-6-18(29-19-14(9-27-29)5-13(7-23)8-25-19)24-10-15(16)20(30)26-11-17(22)21(3,4)31/h5-6,8-10,12,17,31H,11H2,1-4H3,(H,24,28)(H,26,30)/t17-/m1/s1. The molecule has 0 saturated heterocycles. The van der Waals surface area contributed by atoms with Gasteiger partial charge in [-0.15, -0.1) is 0 Å². The molecule has 10 heteroatoms. The first-order chi connectivity index (χ1) is 14.6. The van der Waals surface area contributed by atoms with E-state index < -0.39 is 17.7 Å². The number of nitrogens with zero attached hydrogens (tertiary/aromatic N) is 5. The Morgan fingerprint density at radius 1 is 1.29 bits per heavy atom. The summed E-state index contributed by atoms with van der Waals surface area (Å²) in [6.07, 6.45) is 2.79. The molecule has 3 aromatic rings. The van der Waals surface area contributed by atoms with Crippen LogP contribution in [-0.2, 0) is 0 Å². The van der Waals surface area contributed by atoms with Gasteiger partial charge < -0.3 is 15.7 Å². The molecule has 162 valence electrons. The summed E-state index contributed by atoms with van der Waals surface area (Å²) in [6.45, 7) is 6.19. The number of carbonyl (C=O) groups is 1. The van der Waals surface area contributed by atoms with Crippen molar-refractivity contribution in [1.29, 1.82) is 5.26 Å². The first kappa shape index (κ1) is 22.1. The summed E-state index contributed by atoms with van der Waals surface area (Å²) in [5.41, 5.74) is 0.106. The van der Waals surface area contributed by atoms with Gasteiger partial charge in [-0.05, 0) is 33.8 Å². The third-order valence-corrected chi connectivity index (χ3v) is 4.54. The van der Waals surface area contributed by atoms with Crippen molar-refractivity contribution in [3.63, 3.8) is 0 Å². The number of carbonyl (C=O) groups excluding carboxylic acids is 1. The highest BCUT2D eigenvalue weighted by molar-refractivity contribution is 5.99. The monoisotopic (exact) mass is 425 g/mol. The van der Waals surface area contributed by atoms with Gasteiger partial charge in [-0.3, -0.25) is 4.79 Å². The second-order valence-electron chi connectivity index (χ2n) is 8.02. The number of anilines is 1.